The molecule has 1 spiro atoms. The number of hydrogen-bond donors (Lipinski definition) is 0. The fraction of sp³-hybridized carbons (Fsp3) is 0.538. The summed E-state index contributed by atoms with van der Waals surface area (Å²) in [5, 5.41) is 0. The van der Waals surface area contributed by atoms with Crippen LogP contribution in [0.5, 0.6) is 0 Å². The van der Waals surface area contributed by atoms with E-state index in [1.54, 1.807) is 12.1 Å². The topological polar surface area (TPSA) is 12.5 Å². The van der Waals surface area contributed by atoms with Crippen LogP contribution in [-0.4, -0.2) is 12.2 Å². The van der Waals surface area contributed by atoms with Crippen molar-refractivity contribution in [2.24, 2.45) is 0 Å². The minimum atomic E-state index is -0.0701. The summed E-state index contributed by atoms with van der Waals surface area (Å²) in [7, 11) is 0. The normalized spacial score (nSPS) is 34.3. The van der Waals surface area contributed by atoms with Gasteiger partial charge < -0.3 is 4.74 Å². The van der Waals surface area contributed by atoms with Crippen molar-refractivity contribution in [2.45, 2.75) is 37.2 Å². The van der Waals surface area contributed by atoms with Crippen LogP contribution < -0.4 is 0 Å². The van der Waals surface area contributed by atoms with Crippen molar-refractivity contribution in [2.75, 3.05) is 6.61 Å². The molecule has 0 amide bonds. The molecular formula is C13H15FO. The molecule has 1 nitrogen and oxygen atoms in total. The summed E-state index contributed by atoms with van der Waals surface area (Å²) in [6.45, 7) is 0.825. The molecule has 1 aliphatic carbocycles. The van der Waals surface area contributed by atoms with Crippen molar-refractivity contribution < 1.29 is 9.13 Å². The summed E-state index contributed by atoms with van der Waals surface area (Å²) in [4.78, 5) is 0. The molecule has 2 atom stereocenters. The van der Waals surface area contributed by atoms with Gasteiger partial charge in [-0.2, -0.15) is 0 Å². The third kappa shape index (κ3) is 1.48. The van der Waals surface area contributed by atoms with Crippen molar-refractivity contribution in [1.82, 2.24) is 0 Å². The average Bonchev–Trinajstić information content (AvgIpc) is 3.01. The van der Waals surface area contributed by atoms with Gasteiger partial charge in [-0.3, -0.25) is 0 Å². The molecule has 2 aliphatic rings. The van der Waals surface area contributed by atoms with Crippen LogP contribution in [0.1, 0.15) is 37.2 Å². The zero-order valence-corrected chi connectivity index (χ0v) is 8.71. The molecular weight excluding hydrogens is 191 g/mol. The first kappa shape index (κ1) is 9.34. The van der Waals surface area contributed by atoms with Gasteiger partial charge in [0.05, 0.1) is 12.2 Å². The van der Waals surface area contributed by atoms with Crippen LogP contribution in [0.15, 0.2) is 24.3 Å². The number of hydrogen-bond acceptors (Lipinski definition) is 1. The maximum absolute atomic E-state index is 13.7. The van der Waals surface area contributed by atoms with E-state index >= 15 is 0 Å². The van der Waals surface area contributed by atoms with Gasteiger partial charge in [0.15, 0.2) is 0 Å². The molecule has 0 N–H and O–H groups in total. The van der Waals surface area contributed by atoms with E-state index in [9.17, 15) is 4.39 Å². The first-order chi connectivity index (χ1) is 7.32. The third-order valence-electron chi connectivity index (χ3n) is 3.77. The Balaban J connectivity index is 1.95. The SMILES string of the molecule is Fc1ccccc1C1CCCCC12CO2. The molecule has 0 radical (unpaired) electrons. The Morgan fingerprint density at radius 1 is 1.27 bits per heavy atom. The molecule has 3 rings (SSSR count). The van der Waals surface area contributed by atoms with Crippen molar-refractivity contribution in [1.29, 1.82) is 0 Å². The lowest BCUT2D eigenvalue weighted by atomic mass is 9.75. The lowest BCUT2D eigenvalue weighted by Crippen LogP contribution is -2.27. The fourth-order valence-electron chi connectivity index (χ4n) is 2.84. The summed E-state index contributed by atoms with van der Waals surface area (Å²) in [6, 6.07) is 7.14. The predicted molar refractivity (Wildman–Crippen MR) is 56.3 cm³/mol. The van der Waals surface area contributed by atoms with Gasteiger partial charge in [0.2, 0.25) is 0 Å². The largest absolute Gasteiger partial charge is 0.369 e. The number of benzene rings is 1. The van der Waals surface area contributed by atoms with E-state index in [0.29, 0.717) is 0 Å². The molecule has 0 aromatic heterocycles. The molecule has 80 valence electrons. The smallest absolute Gasteiger partial charge is 0.126 e. The predicted octanol–water partition coefficient (Wildman–Crippen LogP) is 3.25. The Bertz CT molecular complexity index is 371. The monoisotopic (exact) mass is 206 g/mol. The van der Waals surface area contributed by atoms with Crippen molar-refractivity contribution in [3.8, 4) is 0 Å². The van der Waals surface area contributed by atoms with Gasteiger partial charge >= 0.3 is 0 Å². The van der Waals surface area contributed by atoms with E-state index in [0.717, 1.165) is 25.0 Å². The van der Waals surface area contributed by atoms with Crippen LogP contribution in [0.4, 0.5) is 4.39 Å². The zero-order chi connectivity index (χ0) is 10.3. The van der Waals surface area contributed by atoms with E-state index < -0.39 is 0 Å². The second-order valence-corrected chi connectivity index (χ2v) is 4.67. The Morgan fingerprint density at radius 2 is 2.07 bits per heavy atom. The molecule has 1 aliphatic heterocycles. The standard InChI is InChI=1S/C13H15FO/c14-12-7-2-1-5-10(12)11-6-3-4-8-13(11)9-15-13/h1-2,5,7,11H,3-4,6,8-9H2. The Kier molecular flexibility index (Phi) is 2.06. The van der Waals surface area contributed by atoms with Crippen LogP contribution in [0.25, 0.3) is 0 Å². The molecule has 1 saturated heterocycles. The van der Waals surface area contributed by atoms with Crippen LogP contribution in [0, 0.1) is 5.82 Å². The first-order valence-electron chi connectivity index (χ1n) is 5.70. The second kappa shape index (κ2) is 3.31. The van der Waals surface area contributed by atoms with Gasteiger partial charge in [-0.05, 0) is 24.5 Å². The Labute approximate surface area is 89.3 Å². The van der Waals surface area contributed by atoms with Crippen LogP contribution in [0.2, 0.25) is 0 Å². The van der Waals surface area contributed by atoms with E-state index in [-0.39, 0.29) is 17.3 Å². The molecule has 1 aromatic rings. The highest BCUT2D eigenvalue weighted by molar-refractivity contribution is 5.28. The Hall–Kier alpha value is -0.890. The maximum atomic E-state index is 13.7. The number of epoxide rings is 1. The lowest BCUT2D eigenvalue weighted by Gasteiger charge is -2.29. The maximum Gasteiger partial charge on any atom is 0.126 e. The summed E-state index contributed by atoms with van der Waals surface area (Å²) in [5.74, 6) is 0.215. The zero-order valence-electron chi connectivity index (χ0n) is 8.71. The summed E-state index contributed by atoms with van der Waals surface area (Å²) < 4.78 is 19.3. The van der Waals surface area contributed by atoms with E-state index in [4.69, 9.17) is 4.74 Å². The summed E-state index contributed by atoms with van der Waals surface area (Å²) in [6.07, 6.45) is 4.60. The highest BCUT2D eigenvalue weighted by Crippen LogP contribution is 2.51. The van der Waals surface area contributed by atoms with E-state index in [1.165, 1.54) is 12.8 Å². The summed E-state index contributed by atoms with van der Waals surface area (Å²) >= 11 is 0. The second-order valence-electron chi connectivity index (χ2n) is 4.67. The molecule has 1 heterocycles. The van der Waals surface area contributed by atoms with Gasteiger partial charge in [-0.15, -0.1) is 0 Å². The van der Waals surface area contributed by atoms with E-state index in [1.807, 2.05) is 12.1 Å². The van der Waals surface area contributed by atoms with Gasteiger partial charge in [-0.25, -0.2) is 4.39 Å². The number of ether oxygens (including phenoxy) is 1. The molecule has 0 bridgehead atoms. The lowest BCUT2D eigenvalue weighted by molar-refractivity contribution is 0.203. The van der Waals surface area contributed by atoms with Crippen LogP contribution in [-0.2, 0) is 4.74 Å². The van der Waals surface area contributed by atoms with Gasteiger partial charge in [0.25, 0.3) is 0 Å². The molecule has 2 fully saturated rings. The van der Waals surface area contributed by atoms with Gasteiger partial charge in [0, 0.05) is 5.92 Å². The van der Waals surface area contributed by atoms with Crippen molar-refractivity contribution in [3.63, 3.8) is 0 Å². The molecule has 1 aromatic carbocycles. The minimum absolute atomic E-state index is 0.000440. The van der Waals surface area contributed by atoms with Crippen LogP contribution in [0.3, 0.4) is 0 Å². The van der Waals surface area contributed by atoms with Gasteiger partial charge in [0.1, 0.15) is 5.82 Å². The van der Waals surface area contributed by atoms with E-state index in [2.05, 4.69) is 0 Å². The number of rotatable bonds is 1. The van der Waals surface area contributed by atoms with Crippen LogP contribution >= 0.6 is 0 Å². The molecule has 2 unspecified atom stereocenters. The highest BCUT2D eigenvalue weighted by atomic mass is 19.1. The molecule has 2 heteroatoms. The molecule has 15 heavy (non-hydrogen) atoms. The quantitative estimate of drug-likeness (QED) is 0.642. The third-order valence-corrected chi connectivity index (χ3v) is 3.77. The van der Waals surface area contributed by atoms with Gasteiger partial charge in [-0.1, -0.05) is 31.0 Å². The minimum Gasteiger partial charge on any atom is -0.369 e. The van der Waals surface area contributed by atoms with Crippen molar-refractivity contribution >= 4 is 0 Å². The molecule has 1 saturated carbocycles. The number of halogens is 1. The Morgan fingerprint density at radius 3 is 2.80 bits per heavy atom. The van der Waals surface area contributed by atoms with Crippen molar-refractivity contribution in [3.05, 3.63) is 35.6 Å². The first-order valence-corrected chi connectivity index (χ1v) is 5.70. The highest BCUT2D eigenvalue weighted by Gasteiger charge is 2.53. The summed E-state index contributed by atoms with van der Waals surface area (Å²) in [5.41, 5.74) is 0.857. The fourth-order valence-corrected chi connectivity index (χ4v) is 2.84. The average molecular weight is 206 g/mol.